The van der Waals surface area contributed by atoms with Gasteiger partial charge in [-0.3, -0.25) is 14.4 Å². The fourth-order valence-electron chi connectivity index (χ4n) is 6.07. The summed E-state index contributed by atoms with van der Waals surface area (Å²) in [7, 11) is 1.51. The average Bonchev–Trinajstić information content (AvgIpc) is 3.87. The van der Waals surface area contributed by atoms with Gasteiger partial charge in [-0.15, -0.1) is 0 Å². The number of aliphatic hydroxyl groups excluding tert-OH is 1. The Balaban J connectivity index is 1.65. The molecule has 0 radical (unpaired) electrons. The number of rotatable bonds is 8. The molecule has 2 aromatic carbocycles. The van der Waals surface area contributed by atoms with E-state index < -0.39 is 53.3 Å². The van der Waals surface area contributed by atoms with Crippen LogP contribution in [0.4, 0.5) is 0 Å². The van der Waals surface area contributed by atoms with Gasteiger partial charge >= 0.3 is 5.97 Å². The lowest BCUT2D eigenvalue weighted by atomic mass is 9.82. The number of hydrogen-bond acceptors (Lipinski definition) is 8. The summed E-state index contributed by atoms with van der Waals surface area (Å²) < 4.78 is 17.5. The summed E-state index contributed by atoms with van der Waals surface area (Å²) in [6.45, 7) is 12.9. The van der Waals surface area contributed by atoms with Gasteiger partial charge < -0.3 is 35.3 Å². The van der Waals surface area contributed by atoms with E-state index in [0.717, 1.165) is 11.1 Å². The lowest BCUT2D eigenvalue weighted by Gasteiger charge is -2.35. The molecule has 278 valence electrons. The molecule has 51 heavy (non-hydrogen) atoms. The van der Waals surface area contributed by atoms with Crippen molar-refractivity contribution in [3.8, 4) is 5.75 Å². The molecule has 12 heteroatoms. The van der Waals surface area contributed by atoms with Crippen LogP contribution < -0.4 is 20.7 Å². The Hall–Kier alpha value is -3.93. The van der Waals surface area contributed by atoms with Crippen molar-refractivity contribution in [3.05, 3.63) is 76.3 Å². The maximum Gasteiger partial charge on any atom is 0.328 e. The maximum absolute atomic E-state index is 13.9. The monoisotopic (exact) mass is 725 g/mol. The summed E-state index contributed by atoms with van der Waals surface area (Å²) in [5, 5.41) is 18.4. The second-order valence-electron chi connectivity index (χ2n) is 15.4. The molecule has 4 N–H and O–H groups in total. The Morgan fingerprint density at radius 3 is 2.27 bits per heavy atom. The Morgan fingerprint density at radius 2 is 1.67 bits per heavy atom. The van der Waals surface area contributed by atoms with Gasteiger partial charge in [0.2, 0.25) is 17.7 Å². The fourth-order valence-corrected chi connectivity index (χ4v) is 6.35. The van der Waals surface area contributed by atoms with Crippen molar-refractivity contribution in [2.45, 2.75) is 111 Å². The molecule has 3 amide bonds. The first kappa shape index (κ1) is 39.8. The highest BCUT2D eigenvalue weighted by atomic mass is 35.5. The first-order chi connectivity index (χ1) is 23.9. The summed E-state index contributed by atoms with van der Waals surface area (Å²) in [6, 6.07) is 9.97. The Bertz CT molecular complexity index is 1600. The lowest BCUT2D eigenvalue weighted by Crippen LogP contribution is -2.58. The largest absolute Gasteiger partial charge is 0.495 e. The topological polar surface area (TPSA) is 156 Å². The number of carbonyl (C=O) groups excluding carboxylic acids is 4. The highest BCUT2D eigenvalue weighted by Crippen LogP contribution is 2.45. The van der Waals surface area contributed by atoms with E-state index in [0.29, 0.717) is 22.8 Å². The van der Waals surface area contributed by atoms with Crippen molar-refractivity contribution >= 4 is 35.3 Å². The second kappa shape index (κ2) is 16.6. The highest BCUT2D eigenvalue weighted by Gasteiger charge is 2.48. The van der Waals surface area contributed by atoms with Gasteiger partial charge in [-0.25, -0.2) is 4.79 Å². The number of carbonyl (C=O) groups is 4. The molecule has 4 rings (SSSR count). The summed E-state index contributed by atoms with van der Waals surface area (Å²) in [4.78, 5) is 54.8. The highest BCUT2D eigenvalue weighted by molar-refractivity contribution is 6.32. The van der Waals surface area contributed by atoms with Crippen LogP contribution in [0.25, 0.3) is 0 Å². The van der Waals surface area contributed by atoms with Gasteiger partial charge in [0.15, 0.2) is 0 Å². The molecule has 2 aliphatic rings. The van der Waals surface area contributed by atoms with E-state index in [1.165, 1.54) is 13.2 Å². The van der Waals surface area contributed by atoms with Gasteiger partial charge in [0.1, 0.15) is 30.0 Å². The van der Waals surface area contributed by atoms with Crippen LogP contribution in [-0.2, 0) is 41.7 Å². The summed E-state index contributed by atoms with van der Waals surface area (Å²) in [5.41, 5.74) is 0.921. The number of aliphatic hydroxyl groups is 1. The van der Waals surface area contributed by atoms with Crippen LogP contribution in [0.3, 0.4) is 0 Å². The van der Waals surface area contributed by atoms with E-state index in [9.17, 15) is 24.3 Å². The van der Waals surface area contributed by atoms with E-state index >= 15 is 0 Å². The number of esters is 1. The molecule has 1 fully saturated rings. The zero-order chi connectivity index (χ0) is 37.7. The molecular weight excluding hydrogens is 674 g/mol. The van der Waals surface area contributed by atoms with Crippen molar-refractivity contribution in [1.29, 1.82) is 0 Å². The third-order valence-corrected chi connectivity index (χ3v) is 10.0. The molecule has 0 aromatic heterocycles. The van der Waals surface area contributed by atoms with E-state index in [1.807, 2.05) is 52.0 Å². The second-order valence-corrected chi connectivity index (χ2v) is 15.8. The zero-order valence-electron chi connectivity index (χ0n) is 30.7. The summed E-state index contributed by atoms with van der Waals surface area (Å²) in [5.74, 6) is -1.82. The number of epoxide rings is 1. The minimum atomic E-state index is -1.16. The van der Waals surface area contributed by atoms with Gasteiger partial charge in [0.25, 0.3) is 0 Å². The van der Waals surface area contributed by atoms with Gasteiger partial charge in [-0.2, -0.15) is 0 Å². The number of methoxy groups -OCH3 is 1. The van der Waals surface area contributed by atoms with Crippen LogP contribution in [0.15, 0.2) is 54.6 Å². The number of ether oxygens (including phenoxy) is 3. The Labute approximate surface area is 305 Å². The van der Waals surface area contributed by atoms with Crippen LogP contribution in [-0.4, -0.2) is 66.2 Å². The van der Waals surface area contributed by atoms with Crippen LogP contribution in [0, 0.1) is 16.7 Å². The normalized spacial score (nSPS) is 27.3. The molecule has 0 unspecified atom stereocenters. The predicted octanol–water partition coefficient (Wildman–Crippen LogP) is 4.97. The lowest BCUT2D eigenvalue weighted by molar-refractivity contribution is -0.157. The first-order valence-electron chi connectivity index (χ1n) is 17.4. The Morgan fingerprint density at radius 1 is 1.00 bits per heavy atom. The summed E-state index contributed by atoms with van der Waals surface area (Å²) in [6.07, 6.45) is 2.37. The van der Waals surface area contributed by atoms with Gasteiger partial charge in [-0.1, -0.05) is 75.7 Å². The van der Waals surface area contributed by atoms with Crippen LogP contribution in [0.2, 0.25) is 5.02 Å². The van der Waals surface area contributed by atoms with Crippen LogP contribution >= 0.6 is 11.6 Å². The average molecular weight is 726 g/mol. The molecule has 11 nitrogen and oxygen atoms in total. The van der Waals surface area contributed by atoms with Gasteiger partial charge in [-0.05, 0) is 67.5 Å². The van der Waals surface area contributed by atoms with Crippen LogP contribution in [0.1, 0.15) is 84.1 Å². The SMILES string of the molecule is COc1ccc(C[C@H]2NC(=O)/C=C/C[C@@H]([C@H](C)[C@H]3O[C@@H]3c3ccc(CO)cc3)OC(=O)[C@H](CC(C)(C)C)NC(=O)C(C)(C)[C@H](C)NC2=O)cc1Cl. The predicted molar refractivity (Wildman–Crippen MR) is 194 cm³/mol. The fraction of sp³-hybridized carbons (Fsp3) is 0.538. The van der Waals surface area contributed by atoms with E-state index in [-0.39, 0.29) is 43.0 Å². The quantitative estimate of drug-likeness (QED) is 0.220. The number of hydrogen-bond donors (Lipinski definition) is 4. The van der Waals surface area contributed by atoms with Crippen molar-refractivity contribution in [2.75, 3.05) is 7.11 Å². The molecule has 0 aliphatic carbocycles. The number of amides is 3. The standard InChI is InChI=1S/C39H52ClN3O8/c1-22(33-34(51-33)26-15-12-24(21-44)13-16-26)30-10-9-11-32(45)42-28(19-25-14-17-31(49-8)27(40)18-25)35(46)41-23(2)39(6,7)37(48)43-29(36(47)50-30)20-38(3,4)5/h9,11-18,22-23,28-30,33-34,44H,10,19-21H2,1-8H3,(H,41,46)(H,42,45)(H,43,48)/b11-9+/t22-,23-,28+,29-,30-,33+,34+/m0/s1. The number of cyclic esters (lactones) is 1. The minimum absolute atomic E-state index is 0.0623. The van der Waals surface area contributed by atoms with Crippen molar-refractivity contribution in [3.63, 3.8) is 0 Å². The van der Waals surface area contributed by atoms with E-state index in [1.54, 1.807) is 45.0 Å². The van der Waals surface area contributed by atoms with Gasteiger partial charge in [0.05, 0.1) is 30.3 Å². The molecule has 0 bridgehead atoms. The molecule has 2 aliphatic heterocycles. The number of benzene rings is 2. The molecule has 0 spiro atoms. The molecule has 1 saturated heterocycles. The first-order valence-corrected chi connectivity index (χ1v) is 17.8. The molecule has 0 saturated carbocycles. The molecule has 2 aromatic rings. The van der Waals surface area contributed by atoms with Crippen molar-refractivity contribution < 1.29 is 38.5 Å². The molecular formula is C39H52ClN3O8. The third-order valence-electron chi connectivity index (χ3n) is 9.75. The number of halogens is 1. The number of nitrogens with one attached hydrogen (secondary N) is 3. The Kier molecular flexibility index (Phi) is 13.0. The molecule has 2 heterocycles. The van der Waals surface area contributed by atoms with Crippen LogP contribution in [0.5, 0.6) is 5.75 Å². The third kappa shape index (κ3) is 10.6. The molecule has 7 atom stereocenters. The van der Waals surface area contributed by atoms with E-state index in [4.69, 9.17) is 25.8 Å². The van der Waals surface area contributed by atoms with E-state index in [2.05, 4.69) is 16.0 Å². The van der Waals surface area contributed by atoms with Crippen molar-refractivity contribution in [1.82, 2.24) is 16.0 Å². The maximum atomic E-state index is 13.9. The van der Waals surface area contributed by atoms with Gasteiger partial charge in [0, 0.05) is 24.8 Å². The minimum Gasteiger partial charge on any atom is -0.495 e. The van der Waals surface area contributed by atoms with Crippen molar-refractivity contribution in [2.24, 2.45) is 16.7 Å². The smallest absolute Gasteiger partial charge is 0.328 e. The summed E-state index contributed by atoms with van der Waals surface area (Å²) >= 11 is 6.36. The zero-order valence-corrected chi connectivity index (χ0v) is 31.5.